The Kier molecular flexibility index (Phi) is 6.26. The van der Waals surface area contributed by atoms with Crippen LogP contribution in [0.15, 0.2) is 54.7 Å². The van der Waals surface area contributed by atoms with Gasteiger partial charge in [-0.3, -0.25) is 0 Å². The molecule has 0 N–H and O–H groups in total. The van der Waals surface area contributed by atoms with E-state index in [1.165, 1.54) is 12.1 Å². The van der Waals surface area contributed by atoms with Crippen molar-refractivity contribution >= 4 is 10.9 Å². The van der Waals surface area contributed by atoms with Crippen LogP contribution in [0.25, 0.3) is 16.6 Å². The highest BCUT2D eigenvalue weighted by molar-refractivity contribution is 5.83. The molecule has 0 aliphatic carbocycles. The molecular weight excluding hydrogens is 331 g/mol. The number of likely N-dealkylation sites (N-methyl/N-ethyl adjacent to an activating group) is 1. The van der Waals surface area contributed by atoms with Gasteiger partial charge in [0.15, 0.2) is 0 Å². The first-order valence-corrected chi connectivity index (χ1v) is 8.85. The normalized spacial score (nSPS) is 11.4. The fourth-order valence-corrected chi connectivity index (χ4v) is 2.92. The van der Waals surface area contributed by atoms with Crippen molar-refractivity contribution in [2.24, 2.45) is 0 Å². The number of hydrogen-bond donors (Lipinski definition) is 0. The van der Waals surface area contributed by atoms with Gasteiger partial charge in [-0.05, 0) is 62.0 Å². The zero-order valence-electron chi connectivity index (χ0n) is 15.3. The quantitative estimate of drug-likeness (QED) is 0.540. The largest absolute Gasteiger partial charge is 0.494 e. The third kappa shape index (κ3) is 4.62. The molecule has 0 amide bonds. The average Bonchev–Trinajstić information content (AvgIpc) is 3.07. The lowest BCUT2D eigenvalue weighted by molar-refractivity contribution is 0.157. The molecular formula is C21H25FN2O2. The maximum Gasteiger partial charge on any atom is 0.123 e. The lowest BCUT2D eigenvalue weighted by Gasteiger charge is -2.16. The van der Waals surface area contributed by atoms with Gasteiger partial charge >= 0.3 is 0 Å². The summed E-state index contributed by atoms with van der Waals surface area (Å²) in [6, 6.07) is 14.6. The first-order chi connectivity index (χ1) is 12.7. The molecule has 0 atom stereocenters. The van der Waals surface area contributed by atoms with Crippen LogP contribution in [-0.2, 0) is 4.74 Å². The van der Waals surface area contributed by atoms with Gasteiger partial charge in [0.05, 0.1) is 18.7 Å². The summed E-state index contributed by atoms with van der Waals surface area (Å²) >= 11 is 0. The Morgan fingerprint density at radius 3 is 2.58 bits per heavy atom. The third-order valence-corrected chi connectivity index (χ3v) is 4.40. The first kappa shape index (κ1) is 18.4. The van der Waals surface area contributed by atoms with E-state index in [0.29, 0.717) is 6.61 Å². The fraction of sp³-hybridized carbons (Fsp3) is 0.333. The van der Waals surface area contributed by atoms with Crippen LogP contribution in [0.3, 0.4) is 0 Å². The van der Waals surface area contributed by atoms with Crippen LogP contribution in [0.5, 0.6) is 5.75 Å². The molecule has 3 aromatic rings. The first-order valence-electron chi connectivity index (χ1n) is 8.85. The SMILES string of the molecule is COCCN(C)CCCOc1ccc2c(ccn2-c2ccc(F)cc2)c1. The Morgan fingerprint density at radius 1 is 1.00 bits per heavy atom. The van der Waals surface area contributed by atoms with Crippen LogP contribution in [0.1, 0.15) is 6.42 Å². The lowest BCUT2D eigenvalue weighted by Crippen LogP contribution is -2.25. The van der Waals surface area contributed by atoms with Crippen molar-refractivity contribution < 1.29 is 13.9 Å². The number of nitrogens with zero attached hydrogens (tertiary/aromatic N) is 2. The monoisotopic (exact) mass is 356 g/mol. The zero-order valence-corrected chi connectivity index (χ0v) is 15.3. The topological polar surface area (TPSA) is 26.6 Å². The van der Waals surface area contributed by atoms with Gasteiger partial charge < -0.3 is 18.9 Å². The van der Waals surface area contributed by atoms with Crippen molar-refractivity contribution in [2.75, 3.05) is 40.5 Å². The minimum Gasteiger partial charge on any atom is -0.494 e. The van der Waals surface area contributed by atoms with Crippen molar-refractivity contribution in [2.45, 2.75) is 6.42 Å². The summed E-state index contributed by atoms with van der Waals surface area (Å²) < 4.78 is 26.1. The Morgan fingerprint density at radius 2 is 1.81 bits per heavy atom. The van der Waals surface area contributed by atoms with E-state index in [2.05, 4.69) is 11.9 Å². The minimum absolute atomic E-state index is 0.228. The van der Waals surface area contributed by atoms with E-state index in [4.69, 9.17) is 9.47 Å². The van der Waals surface area contributed by atoms with Gasteiger partial charge in [-0.2, -0.15) is 0 Å². The number of rotatable bonds is 9. The van der Waals surface area contributed by atoms with Crippen LogP contribution in [-0.4, -0.2) is 49.9 Å². The zero-order chi connectivity index (χ0) is 18.4. The second-order valence-electron chi connectivity index (χ2n) is 6.38. The molecule has 0 aliphatic rings. The predicted molar refractivity (Wildman–Crippen MR) is 103 cm³/mol. The molecule has 0 fully saturated rings. The Hall–Kier alpha value is -2.37. The third-order valence-electron chi connectivity index (χ3n) is 4.40. The molecule has 2 aromatic carbocycles. The van der Waals surface area contributed by atoms with E-state index >= 15 is 0 Å². The number of benzene rings is 2. The second kappa shape index (κ2) is 8.83. The van der Waals surface area contributed by atoms with Crippen molar-refractivity contribution in [1.82, 2.24) is 9.47 Å². The maximum atomic E-state index is 13.1. The molecule has 5 heteroatoms. The van der Waals surface area contributed by atoms with Crippen molar-refractivity contribution in [3.8, 4) is 11.4 Å². The van der Waals surface area contributed by atoms with Crippen LogP contribution in [0, 0.1) is 5.82 Å². The summed E-state index contributed by atoms with van der Waals surface area (Å²) in [5.74, 6) is 0.641. The molecule has 0 saturated carbocycles. The summed E-state index contributed by atoms with van der Waals surface area (Å²) in [6.07, 6.45) is 2.96. The van der Waals surface area contributed by atoms with Gasteiger partial charge in [-0.1, -0.05) is 0 Å². The summed E-state index contributed by atoms with van der Waals surface area (Å²) in [7, 11) is 3.81. The van der Waals surface area contributed by atoms with E-state index in [-0.39, 0.29) is 5.82 Å². The summed E-state index contributed by atoms with van der Waals surface area (Å²) in [6.45, 7) is 3.34. The lowest BCUT2D eigenvalue weighted by atomic mass is 10.2. The van der Waals surface area contributed by atoms with Gasteiger partial charge in [0.25, 0.3) is 0 Å². The highest BCUT2D eigenvalue weighted by atomic mass is 19.1. The number of methoxy groups -OCH3 is 1. The standard InChI is InChI=1S/C21H25FN2O2/c1-23(13-15-25-2)11-3-14-26-20-8-9-21-17(16-20)10-12-24(21)19-6-4-18(22)5-7-19/h4-10,12,16H,3,11,13-15H2,1-2H3. The van der Waals surface area contributed by atoms with Gasteiger partial charge in [0.1, 0.15) is 11.6 Å². The summed E-state index contributed by atoms with van der Waals surface area (Å²) in [5, 5.41) is 1.10. The molecule has 4 nitrogen and oxygen atoms in total. The van der Waals surface area contributed by atoms with E-state index < -0.39 is 0 Å². The van der Waals surface area contributed by atoms with Crippen LogP contribution in [0.2, 0.25) is 0 Å². The highest BCUT2D eigenvalue weighted by Crippen LogP contribution is 2.25. The van der Waals surface area contributed by atoms with E-state index in [1.807, 2.05) is 35.0 Å². The molecule has 0 bridgehead atoms. The van der Waals surface area contributed by atoms with Gasteiger partial charge in [0, 0.05) is 37.5 Å². The molecule has 0 aliphatic heterocycles. The van der Waals surface area contributed by atoms with Crippen molar-refractivity contribution in [3.05, 3.63) is 60.5 Å². The maximum absolute atomic E-state index is 13.1. The number of ether oxygens (including phenoxy) is 2. The van der Waals surface area contributed by atoms with Crippen LogP contribution in [0.4, 0.5) is 4.39 Å². The van der Waals surface area contributed by atoms with E-state index in [9.17, 15) is 4.39 Å². The van der Waals surface area contributed by atoms with Gasteiger partial charge in [-0.25, -0.2) is 4.39 Å². The Bertz CT molecular complexity index is 830. The number of hydrogen-bond acceptors (Lipinski definition) is 3. The molecule has 3 rings (SSSR count). The molecule has 1 heterocycles. The molecule has 0 saturated heterocycles. The molecule has 26 heavy (non-hydrogen) atoms. The smallest absolute Gasteiger partial charge is 0.123 e. The Balaban J connectivity index is 1.59. The fourth-order valence-electron chi connectivity index (χ4n) is 2.92. The molecule has 0 spiro atoms. The molecule has 0 radical (unpaired) electrons. The highest BCUT2D eigenvalue weighted by Gasteiger charge is 2.05. The Labute approximate surface area is 153 Å². The number of aromatic nitrogens is 1. The predicted octanol–water partition coefficient (Wildman–Crippen LogP) is 4.12. The van der Waals surface area contributed by atoms with E-state index in [0.717, 1.165) is 48.5 Å². The van der Waals surface area contributed by atoms with Gasteiger partial charge in [-0.15, -0.1) is 0 Å². The summed E-state index contributed by atoms with van der Waals surface area (Å²) in [5.41, 5.74) is 2.01. The van der Waals surface area contributed by atoms with Crippen LogP contribution >= 0.6 is 0 Å². The minimum atomic E-state index is -0.228. The summed E-state index contributed by atoms with van der Waals surface area (Å²) in [4.78, 5) is 2.23. The number of halogens is 1. The molecule has 0 unspecified atom stereocenters. The van der Waals surface area contributed by atoms with Gasteiger partial charge in [0.2, 0.25) is 0 Å². The second-order valence-corrected chi connectivity index (χ2v) is 6.38. The van der Waals surface area contributed by atoms with Crippen molar-refractivity contribution in [1.29, 1.82) is 0 Å². The van der Waals surface area contributed by atoms with Crippen molar-refractivity contribution in [3.63, 3.8) is 0 Å². The molecule has 1 aromatic heterocycles. The van der Waals surface area contributed by atoms with E-state index in [1.54, 1.807) is 19.2 Å². The molecule has 138 valence electrons. The van der Waals surface area contributed by atoms with Crippen LogP contribution < -0.4 is 4.74 Å². The average molecular weight is 356 g/mol. The number of fused-ring (bicyclic) bond motifs is 1.